The van der Waals surface area contributed by atoms with Crippen LogP contribution < -0.4 is 0 Å². The summed E-state index contributed by atoms with van der Waals surface area (Å²) in [5.74, 6) is -0.423. The lowest BCUT2D eigenvalue weighted by Gasteiger charge is -2.10. The molecule has 0 nitrogen and oxygen atoms in total. The molecule has 1 atom stereocenters. The Morgan fingerprint density at radius 1 is 1.06 bits per heavy atom. The molecule has 0 radical (unpaired) electrons. The highest BCUT2D eigenvalue weighted by Crippen LogP contribution is 2.41. The van der Waals surface area contributed by atoms with Gasteiger partial charge in [0.15, 0.2) is 0 Å². The van der Waals surface area contributed by atoms with Gasteiger partial charge in [0.1, 0.15) is 5.82 Å². The molecule has 1 aromatic heterocycles. The Hall–Kier alpha value is 0.01000. The summed E-state index contributed by atoms with van der Waals surface area (Å²) < 4.78 is 14.6. The summed E-state index contributed by atoms with van der Waals surface area (Å²) in [7, 11) is 0. The van der Waals surface area contributed by atoms with Crippen LogP contribution in [0.2, 0.25) is 13.7 Å². The van der Waals surface area contributed by atoms with E-state index >= 15 is 0 Å². The van der Waals surface area contributed by atoms with E-state index in [2.05, 4.69) is 0 Å². The van der Waals surface area contributed by atoms with E-state index in [0.29, 0.717) is 19.3 Å². The quantitative estimate of drug-likeness (QED) is 0.577. The Labute approximate surface area is 122 Å². The van der Waals surface area contributed by atoms with Gasteiger partial charge in [-0.25, -0.2) is 4.39 Å². The normalized spacial score (nSPS) is 12.8. The summed E-state index contributed by atoms with van der Waals surface area (Å²) in [5.41, 5.74) is 0.875. The van der Waals surface area contributed by atoms with E-state index < -0.39 is 11.2 Å². The number of hydrogen-bond acceptors (Lipinski definition) is 1. The van der Waals surface area contributed by atoms with Gasteiger partial charge in [0.25, 0.3) is 0 Å². The van der Waals surface area contributed by atoms with Crippen molar-refractivity contribution in [3.05, 3.63) is 54.9 Å². The van der Waals surface area contributed by atoms with Crippen LogP contribution in [0.15, 0.2) is 24.3 Å². The van der Waals surface area contributed by atoms with Crippen molar-refractivity contribution in [3.8, 4) is 0 Å². The lowest BCUT2D eigenvalue weighted by molar-refractivity contribution is 0.612. The molecule has 2 aromatic rings. The summed E-state index contributed by atoms with van der Waals surface area (Å²) in [4.78, 5) is 0. The van der Waals surface area contributed by atoms with Crippen LogP contribution in [0, 0.1) is 5.82 Å². The topological polar surface area (TPSA) is 0 Å². The highest BCUT2D eigenvalue weighted by Gasteiger charge is 2.20. The molecule has 0 saturated heterocycles. The molecule has 90 valence electrons. The second-order valence-corrected chi connectivity index (χ2v) is 6.47. The monoisotopic (exact) mass is 328 g/mol. The van der Waals surface area contributed by atoms with Crippen LogP contribution in [0.25, 0.3) is 0 Å². The first-order valence-electron chi connectivity index (χ1n) is 4.53. The predicted octanol–water partition coefficient (Wildman–Crippen LogP) is 6.18. The molecule has 0 aliphatic heterocycles. The van der Waals surface area contributed by atoms with Crippen LogP contribution in [0.1, 0.15) is 16.5 Å². The van der Waals surface area contributed by atoms with E-state index in [4.69, 9.17) is 46.4 Å². The molecule has 1 aromatic carbocycles. The maximum atomic E-state index is 13.6. The van der Waals surface area contributed by atoms with Crippen LogP contribution in [0.4, 0.5) is 4.39 Å². The van der Waals surface area contributed by atoms with Gasteiger partial charge in [0.05, 0.1) is 14.0 Å². The van der Waals surface area contributed by atoms with Crippen molar-refractivity contribution >= 4 is 57.7 Å². The molecule has 0 aliphatic carbocycles. The van der Waals surface area contributed by atoms with Gasteiger partial charge in [-0.05, 0) is 24.3 Å². The average Bonchev–Trinajstić information content (AvgIpc) is 2.60. The van der Waals surface area contributed by atoms with Crippen molar-refractivity contribution in [2.24, 2.45) is 0 Å². The van der Waals surface area contributed by atoms with Gasteiger partial charge < -0.3 is 0 Å². The largest absolute Gasteiger partial charge is 0.207 e. The Morgan fingerprint density at radius 2 is 1.76 bits per heavy atom. The molecule has 0 amide bonds. The van der Waals surface area contributed by atoms with Crippen molar-refractivity contribution in [1.29, 1.82) is 0 Å². The first-order chi connectivity index (χ1) is 7.99. The van der Waals surface area contributed by atoms with Gasteiger partial charge >= 0.3 is 0 Å². The number of halogens is 5. The van der Waals surface area contributed by atoms with Crippen molar-refractivity contribution < 1.29 is 4.39 Å². The Bertz CT molecular complexity index is 552. The maximum absolute atomic E-state index is 13.6. The SMILES string of the molecule is Fc1ccc(Cl)cc1C(Cl)c1cc(Cl)sc1Cl. The van der Waals surface area contributed by atoms with E-state index in [1.54, 1.807) is 6.07 Å². The molecule has 2 rings (SSSR count). The van der Waals surface area contributed by atoms with Crippen LogP contribution in [-0.2, 0) is 0 Å². The second kappa shape index (κ2) is 5.33. The zero-order valence-corrected chi connectivity index (χ0v) is 12.0. The van der Waals surface area contributed by atoms with Gasteiger partial charge in [0.2, 0.25) is 0 Å². The van der Waals surface area contributed by atoms with Crippen molar-refractivity contribution in [3.63, 3.8) is 0 Å². The molecule has 17 heavy (non-hydrogen) atoms. The van der Waals surface area contributed by atoms with Crippen LogP contribution in [0.5, 0.6) is 0 Å². The molecular formula is C11H5Cl4FS. The molecule has 0 aliphatic rings. The molecule has 0 fully saturated rings. The summed E-state index contributed by atoms with van der Waals surface area (Å²) in [5, 5.41) is -0.283. The third kappa shape index (κ3) is 2.88. The van der Waals surface area contributed by atoms with Gasteiger partial charge in [-0.2, -0.15) is 0 Å². The summed E-state index contributed by atoms with van der Waals surface area (Å²) in [6.45, 7) is 0. The van der Waals surface area contributed by atoms with E-state index in [9.17, 15) is 4.39 Å². The standard InChI is InChI=1S/C11H5Cl4FS/c12-5-1-2-8(16)6(3-5)10(14)7-4-9(13)17-11(7)15/h1-4,10H. The molecule has 0 spiro atoms. The van der Waals surface area contributed by atoms with E-state index in [-0.39, 0.29) is 5.56 Å². The lowest BCUT2D eigenvalue weighted by atomic mass is 10.1. The molecule has 1 unspecified atom stereocenters. The highest BCUT2D eigenvalue weighted by atomic mass is 35.5. The fraction of sp³-hybridized carbons (Fsp3) is 0.0909. The van der Waals surface area contributed by atoms with E-state index in [1.807, 2.05) is 0 Å². The Kier molecular flexibility index (Phi) is 4.22. The molecule has 0 N–H and O–H groups in total. The smallest absolute Gasteiger partial charge is 0.128 e. The van der Waals surface area contributed by atoms with Crippen LogP contribution in [-0.4, -0.2) is 0 Å². The van der Waals surface area contributed by atoms with Crippen LogP contribution in [0.3, 0.4) is 0 Å². The van der Waals surface area contributed by atoms with Crippen molar-refractivity contribution in [2.45, 2.75) is 5.38 Å². The van der Waals surface area contributed by atoms with Gasteiger partial charge in [-0.3, -0.25) is 0 Å². The predicted molar refractivity (Wildman–Crippen MR) is 73.4 cm³/mol. The van der Waals surface area contributed by atoms with Crippen LogP contribution >= 0.6 is 57.7 Å². The summed E-state index contributed by atoms with van der Waals surface area (Å²) in [6.07, 6.45) is 0. The van der Waals surface area contributed by atoms with Gasteiger partial charge in [-0.1, -0.05) is 34.8 Å². The molecular weight excluding hydrogens is 325 g/mol. The first kappa shape index (κ1) is 13.4. The lowest BCUT2D eigenvalue weighted by Crippen LogP contribution is -1.96. The number of hydrogen-bond donors (Lipinski definition) is 0. The highest BCUT2D eigenvalue weighted by molar-refractivity contribution is 7.20. The number of benzene rings is 1. The van der Waals surface area contributed by atoms with Gasteiger partial charge in [0, 0.05) is 16.1 Å². The summed E-state index contributed by atoms with van der Waals surface area (Å²) >= 11 is 25.0. The minimum Gasteiger partial charge on any atom is -0.207 e. The molecule has 1 heterocycles. The molecule has 6 heteroatoms. The number of rotatable bonds is 2. The average molecular weight is 330 g/mol. The summed E-state index contributed by atoms with van der Waals surface area (Å²) in [6, 6.07) is 5.85. The fourth-order valence-electron chi connectivity index (χ4n) is 1.40. The molecule has 0 saturated carbocycles. The Balaban J connectivity index is 2.46. The minimum atomic E-state index is -0.704. The fourth-order valence-corrected chi connectivity index (χ4v) is 3.57. The van der Waals surface area contributed by atoms with E-state index in [1.165, 1.54) is 29.5 Å². The second-order valence-electron chi connectivity index (χ2n) is 3.31. The van der Waals surface area contributed by atoms with E-state index in [0.717, 1.165) is 0 Å². The van der Waals surface area contributed by atoms with Crippen molar-refractivity contribution in [1.82, 2.24) is 0 Å². The first-order valence-corrected chi connectivity index (χ1v) is 6.91. The molecule has 0 bridgehead atoms. The van der Waals surface area contributed by atoms with Crippen molar-refractivity contribution in [2.75, 3.05) is 0 Å². The Morgan fingerprint density at radius 3 is 2.35 bits per heavy atom. The third-order valence-electron chi connectivity index (χ3n) is 2.19. The van der Waals surface area contributed by atoms with Gasteiger partial charge in [-0.15, -0.1) is 22.9 Å². The zero-order valence-electron chi connectivity index (χ0n) is 8.18. The minimum absolute atomic E-state index is 0.288. The number of alkyl halides is 1. The maximum Gasteiger partial charge on any atom is 0.128 e. The third-order valence-corrected chi connectivity index (χ3v) is 4.41. The zero-order chi connectivity index (χ0) is 12.6. The number of thiophene rings is 1.